The normalized spacial score (nSPS) is 30.2. The zero-order valence-corrected chi connectivity index (χ0v) is 17.9. The number of sulfonamides is 1. The van der Waals surface area contributed by atoms with E-state index in [2.05, 4.69) is 4.98 Å². The molecule has 9 heteroatoms. The number of hydrogen-bond donors (Lipinski definition) is 1. The van der Waals surface area contributed by atoms with E-state index in [9.17, 15) is 18.3 Å². The van der Waals surface area contributed by atoms with Gasteiger partial charge in [-0.2, -0.15) is 0 Å². The van der Waals surface area contributed by atoms with E-state index in [-0.39, 0.29) is 29.9 Å². The summed E-state index contributed by atoms with van der Waals surface area (Å²) >= 11 is 1.51. The van der Waals surface area contributed by atoms with Crippen molar-refractivity contribution >= 4 is 27.3 Å². The third-order valence-electron chi connectivity index (χ3n) is 6.62. The molecule has 1 aliphatic carbocycles. The number of aromatic nitrogens is 1. The molecule has 3 unspecified atom stereocenters. The van der Waals surface area contributed by atoms with E-state index in [1.165, 1.54) is 21.9 Å². The fraction of sp³-hybridized carbons (Fsp3) is 0.789. The molecule has 3 aliphatic rings. The summed E-state index contributed by atoms with van der Waals surface area (Å²) in [6.45, 7) is 1.63. The number of amides is 1. The molecule has 2 aliphatic heterocycles. The second-order valence-corrected chi connectivity index (χ2v) is 11.2. The molecule has 28 heavy (non-hydrogen) atoms. The van der Waals surface area contributed by atoms with Crippen LogP contribution in [-0.2, 0) is 10.0 Å². The SMILES string of the molecule is CS(=O)(=O)N1CCC(c2nc(C(=O)N3CCC(O)C4CCCCC43)cs2)CC1. The molecule has 1 amide bonds. The van der Waals surface area contributed by atoms with Crippen molar-refractivity contribution in [1.82, 2.24) is 14.2 Å². The quantitative estimate of drug-likeness (QED) is 0.797. The maximum absolute atomic E-state index is 13.1. The Kier molecular flexibility index (Phi) is 5.79. The molecule has 3 fully saturated rings. The van der Waals surface area contributed by atoms with E-state index in [4.69, 9.17) is 0 Å². The maximum atomic E-state index is 13.1. The van der Waals surface area contributed by atoms with Gasteiger partial charge in [0.2, 0.25) is 10.0 Å². The zero-order chi connectivity index (χ0) is 19.9. The summed E-state index contributed by atoms with van der Waals surface area (Å²) in [6.07, 6.45) is 7.30. The number of hydrogen-bond acceptors (Lipinski definition) is 6. The average Bonchev–Trinajstić information content (AvgIpc) is 3.18. The molecule has 2 saturated heterocycles. The number of thiazole rings is 1. The van der Waals surface area contributed by atoms with E-state index >= 15 is 0 Å². The summed E-state index contributed by atoms with van der Waals surface area (Å²) in [5.41, 5.74) is 0.506. The van der Waals surface area contributed by atoms with Crippen molar-refractivity contribution < 1.29 is 18.3 Å². The molecule has 3 heterocycles. The van der Waals surface area contributed by atoms with Crippen LogP contribution in [0.15, 0.2) is 5.38 Å². The highest BCUT2D eigenvalue weighted by Gasteiger charge is 2.41. The topological polar surface area (TPSA) is 90.8 Å². The van der Waals surface area contributed by atoms with Crippen molar-refractivity contribution in [1.29, 1.82) is 0 Å². The Bertz CT molecular complexity index is 817. The van der Waals surface area contributed by atoms with Crippen molar-refractivity contribution in [2.75, 3.05) is 25.9 Å². The lowest BCUT2D eigenvalue weighted by atomic mass is 9.76. The number of aliphatic hydroxyl groups excluding tert-OH is 1. The molecule has 4 rings (SSSR count). The van der Waals surface area contributed by atoms with Crippen LogP contribution in [0.5, 0.6) is 0 Å². The molecule has 1 aromatic heterocycles. The number of likely N-dealkylation sites (tertiary alicyclic amines) is 1. The lowest BCUT2D eigenvalue weighted by Gasteiger charge is -2.46. The number of rotatable bonds is 3. The maximum Gasteiger partial charge on any atom is 0.273 e. The van der Waals surface area contributed by atoms with Crippen molar-refractivity contribution in [2.45, 2.75) is 63.0 Å². The van der Waals surface area contributed by atoms with Crippen LogP contribution in [-0.4, -0.2) is 71.7 Å². The summed E-state index contributed by atoms with van der Waals surface area (Å²) < 4.78 is 24.9. The van der Waals surface area contributed by atoms with Gasteiger partial charge in [0.15, 0.2) is 0 Å². The van der Waals surface area contributed by atoms with Gasteiger partial charge in [0.05, 0.1) is 17.4 Å². The van der Waals surface area contributed by atoms with Crippen LogP contribution >= 0.6 is 11.3 Å². The van der Waals surface area contributed by atoms with E-state index in [1.54, 1.807) is 0 Å². The fourth-order valence-corrected chi connectivity index (χ4v) is 6.87. The first-order valence-corrected chi connectivity index (χ1v) is 13.0. The molecule has 1 N–H and O–H groups in total. The van der Waals surface area contributed by atoms with Crippen molar-refractivity contribution in [3.05, 3.63) is 16.1 Å². The first-order chi connectivity index (χ1) is 13.3. The summed E-state index contributed by atoms with van der Waals surface area (Å²) in [7, 11) is -3.14. The van der Waals surface area contributed by atoms with E-state index < -0.39 is 10.0 Å². The van der Waals surface area contributed by atoms with Gasteiger partial charge >= 0.3 is 0 Å². The van der Waals surface area contributed by atoms with Gasteiger partial charge < -0.3 is 10.0 Å². The number of piperidine rings is 2. The monoisotopic (exact) mass is 427 g/mol. The van der Waals surface area contributed by atoms with Crippen LogP contribution in [0, 0.1) is 5.92 Å². The molecule has 0 radical (unpaired) electrons. The van der Waals surface area contributed by atoms with Crippen LogP contribution in [0.2, 0.25) is 0 Å². The lowest BCUT2D eigenvalue weighted by molar-refractivity contribution is -0.0264. The van der Waals surface area contributed by atoms with Gasteiger partial charge in [-0.3, -0.25) is 4.79 Å². The third-order valence-corrected chi connectivity index (χ3v) is 8.93. The molecule has 0 aromatic carbocycles. The molecule has 0 bridgehead atoms. The first kappa shape index (κ1) is 20.3. The molecule has 1 saturated carbocycles. The van der Waals surface area contributed by atoms with Crippen LogP contribution in [0.1, 0.15) is 66.4 Å². The molecule has 7 nitrogen and oxygen atoms in total. The molecular formula is C19H29N3O4S2. The van der Waals surface area contributed by atoms with E-state index in [0.717, 1.165) is 43.5 Å². The van der Waals surface area contributed by atoms with Gasteiger partial charge in [0.1, 0.15) is 5.69 Å². The molecule has 3 atom stereocenters. The average molecular weight is 428 g/mol. The number of fused-ring (bicyclic) bond motifs is 1. The highest BCUT2D eigenvalue weighted by atomic mass is 32.2. The Morgan fingerprint density at radius 3 is 2.57 bits per heavy atom. The summed E-state index contributed by atoms with van der Waals surface area (Å²) in [4.78, 5) is 19.7. The first-order valence-electron chi connectivity index (χ1n) is 10.2. The van der Waals surface area contributed by atoms with Gasteiger partial charge in [-0.05, 0) is 32.1 Å². The molecular weight excluding hydrogens is 398 g/mol. The highest BCUT2D eigenvalue weighted by Crippen LogP contribution is 2.37. The number of aliphatic hydroxyl groups is 1. The fourth-order valence-electron chi connectivity index (χ4n) is 5.03. The van der Waals surface area contributed by atoms with Crippen LogP contribution in [0.4, 0.5) is 0 Å². The highest BCUT2D eigenvalue weighted by molar-refractivity contribution is 7.88. The minimum absolute atomic E-state index is 0.0140. The summed E-state index contributed by atoms with van der Waals surface area (Å²) in [6, 6.07) is 0.133. The van der Waals surface area contributed by atoms with Gasteiger partial charge in [-0.25, -0.2) is 17.7 Å². The Labute approximate surface area is 170 Å². The lowest BCUT2D eigenvalue weighted by Crippen LogP contribution is -2.54. The van der Waals surface area contributed by atoms with Crippen LogP contribution in [0.25, 0.3) is 0 Å². The van der Waals surface area contributed by atoms with Gasteiger partial charge in [-0.15, -0.1) is 11.3 Å². The van der Waals surface area contributed by atoms with E-state index in [0.29, 0.717) is 31.7 Å². The number of carbonyl (C=O) groups is 1. The smallest absolute Gasteiger partial charge is 0.273 e. The molecule has 0 spiro atoms. The second-order valence-electron chi connectivity index (χ2n) is 8.38. The van der Waals surface area contributed by atoms with Crippen LogP contribution < -0.4 is 0 Å². The number of carbonyl (C=O) groups excluding carboxylic acids is 1. The Hall–Kier alpha value is -1.03. The minimum atomic E-state index is -3.14. The predicted molar refractivity (Wildman–Crippen MR) is 108 cm³/mol. The third kappa shape index (κ3) is 3.99. The van der Waals surface area contributed by atoms with E-state index in [1.807, 2.05) is 10.3 Å². The summed E-state index contributed by atoms with van der Waals surface area (Å²) in [5.74, 6) is 0.403. The van der Waals surface area contributed by atoms with Gasteiger partial charge in [-0.1, -0.05) is 12.8 Å². The zero-order valence-electron chi connectivity index (χ0n) is 16.3. The van der Waals surface area contributed by atoms with Gasteiger partial charge in [0, 0.05) is 42.9 Å². The predicted octanol–water partition coefficient (Wildman–Crippen LogP) is 2.05. The van der Waals surface area contributed by atoms with Crippen molar-refractivity contribution in [3.63, 3.8) is 0 Å². The largest absolute Gasteiger partial charge is 0.393 e. The molecule has 156 valence electrons. The Morgan fingerprint density at radius 2 is 1.86 bits per heavy atom. The minimum Gasteiger partial charge on any atom is -0.393 e. The van der Waals surface area contributed by atoms with Crippen LogP contribution in [0.3, 0.4) is 0 Å². The standard InChI is InChI=1S/C19H29N3O4S2/c1-28(25,26)21-9-6-13(7-10-21)18-20-15(12-27-18)19(24)22-11-8-17(23)14-4-2-3-5-16(14)22/h12-14,16-17,23H,2-11H2,1H3. The van der Waals surface area contributed by atoms with Crippen molar-refractivity contribution in [3.8, 4) is 0 Å². The Morgan fingerprint density at radius 1 is 1.14 bits per heavy atom. The van der Waals surface area contributed by atoms with Gasteiger partial charge in [0.25, 0.3) is 5.91 Å². The van der Waals surface area contributed by atoms with Crippen molar-refractivity contribution in [2.24, 2.45) is 5.92 Å². The number of nitrogens with zero attached hydrogens (tertiary/aromatic N) is 3. The second kappa shape index (κ2) is 8.01. The summed E-state index contributed by atoms with van der Waals surface area (Å²) in [5, 5.41) is 13.1. The molecule has 1 aromatic rings. The Balaban J connectivity index is 1.43.